The van der Waals surface area contributed by atoms with Crippen molar-refractivity contribution < 1.29 is 44.5 Å². The molecule has 6 N–H and O–H groups in total. The van der Waals surface area contributed by atoms with Crippen LogP contribution in [0.25, 0.3) is 33.4 Å². The molecule has 0 fully saturated rings. The number of phenols is 6. The standard InChI is InChI=1S/C42H28O9/c43-22-7-1-19(2-8-22)40-37-28-13-25(46)17-32-35(28)39(42(50-32)21-5-11-24(45)12-6-21)30-15-27(48)18-33-36(30)38(29-14-26(47)16-31(49-40)34(29)37)41(51-33)20-3-9-23(44)10-4-20/h1-18,37-38,40-41,43-48H/t37-,38+,40-,41-/m1/s1. The van der Waals surface area contributed by atoms with Crippen molar-refractivity contribution in [2.75, 3.05) is 0 Å². The zero-order valence-corrected chi connectivity index (χ0v) is 26.6. The predicted octanol–water partition coefficient (Wildman–Crippen LogP) is 8.85. The van der Waals surface area contributed by atoms with Crippen LogP contribution in [0.1, 0.15) is 57.4 Å². The van der Waals surface area contributed by atoms with E-state index in [1.165, 1.54) is 0 Å². The van der Waals surface area contributed by atoms with E-state index in [2.05, 4.69) is 0 Å². The molecule has 0 unspecified atom stereocenters. The summed E-state index contributed by atoms with van der Waals surface area (Å²) in [6.45, 7) is 0. The average molecular weight is 677 g/mol. The number of rotatable bonds is 3. The van der Waals surface area contributed by atoms with Crippen LogP contribution in [0.5, 0.6) is 46.0 Å². The van der Waals surface area contributed by atoms with E-state index in [0.29, 0.717) is 50.5 Å². The number of hydrogen-bond donors (Lipinski definition) is 6. The van der Waals surface area contributed by atoms with Gasteiger partial charge in [-0.25, -0.2) is 0 Å². The van der Waals surface area contributed by atoms with Gasteiger partial charge in [0.1, 0.15) is 69.5 Å². The Bertz CT molecular complexity index is 2550. The Kier molecular flexibility index (Phi) is 5.94. The molecular formula is C42H28O9. The van der Waals surface area contributed by atoms with E-state index in [1.54, 1.807) is 109 Å². The normalized spacial score (nSPS) is 19.4. The van der Waals surface area contributed by atoms with Gasteiger partial charge in [-0.15, -0.1) is 0 Å². The van der Waals surface area contributed by atoms with E-state index in [4.69, 9.17) is 13.9 Å². The lowest BCUT2D eigenvalue weighted by molar-refractivity contribution is 0.220. The largest absolute Gasteiger partial charge is 0.508 e. The topological polar surface area (TPSA) is 153 Å². The summed E-state index contributed by atoms with van der Waals surface area (Å²) in [6.07, 6.45) is -1.32. The van der Waals surface area contributed by atoms with Crippen molar-refractivity contribution >= 4 is 11.0 Å². The zero-order valence-electron chi connectivity index (χ0n) is 26.6. The van der Waals surface area contributed by atoms with Gasteiger partial charge in [-0.1, -0.05) is 24.3 Å². The molecule has 9 heteroatoms. The van der Waals surface area contributed by atoms with Gasteiger partial charge in [0.25, 0.3) is 0 Å². The molecule has 1 aliphatic carbocycles. The molecule has 4 atom stereocenters. The quantitative estimate of drug-likeness (QED) is 0.108. The van der Waals surface area contributed by atoms with Crippen LogP contribution in [0.15, 0.2) is 114 Å². The maximum absolute atomic E-state index is 11.3. The van der Waals surface area contributed by atoms with Crippen LogP contribution in [0.2, 0.25) is 0 Å². The van der Waals surface area contributed by atoms with Crippen LogP contribution in [-0.4, -0.2) is 30.6 Å². The van der Waals surface area contributed by atoms with Crippen molar-refractivity contribution in [2.24, 2.45) is 0 Å². The van der Waals surface area contributed by atoms with Crippen LogP contribution < -0.4 is 9.47 Å². The lowest BCUT2D eigenvalue weighted by Gasteiger charge is -2.25. The minimum Gasteiger partial charge on any atom is -0.508 e. The number of benzene rings is 6. The second-order valence-corrected chi connectivity index (χ2v) is 13.3. The van der Waals surface area contributed by atoms with Gasteiger partial charge >= 0.3 is 0 Å². The molecule has 51 heavy (non-hydrogen) atoms. The first kappa shape index (κ1) is 29.2. The average Bonchev–Trinajstić information content (AvgIpc) is 3.80. The molecule has 3 heterocycles. The summed E-state index contributed by atoms with van der Waals surface area (Å²) in [5, 5.41) is 65.1. The first-order valence-electron chi connectivity index (χ1n) is 16.5. The molecule has 1 aromatic heterocycles. The van der Waals surface area contributed by atoms with Crippen LogP contribution >= 0.6 is 0 Å². The van der Waals surface area contributed by atoms with Gasteiger partial charge in [-0.3, -0.25) is 0 Å². The molecule has 6 aromatic carbocycles. The summed E-state index contributed by atoms with van der Waals surface area (Å²) >= 11 is 0. The predicted molar refractivity (Wildman–Crippen MR) is 187 cm³/mol. The SMILES string of the molecule is Oc1ccc(-c2oc3cc(O)cc4c3c2-c2cc(O)cc3c2[C@H](c2cc(O)cc5c2[C@@H]4[C@@H](c2ccc(O)cc2)O5)[C@@H](c2ccc(O)cc2)O3)cc1. The third-order valence-corrected chi connectivity index (χ3v) is 10.3. The van der Waals surface area contributed by atoms with Crippen LogP contribution in [-0.2, 0) is 0 Å². The van der Waals surface area contributed by atoms with Gasteiger partial charge in [0, 0.05) is 45.8 Å². The highest BCUT2D eigenvalue weighted by molar-refractivity contribution is 6.06. The molecule has 0 saturated carbocycles. The third kappa shape index (κ3) is 4.27. The van der Waals surface area contributed by atoms with E-state index < -0.39 is 24.0 Å². The number of phenolic OH excluding ortho intramolecular Hbond substituents is 6. The van der Waals surface area contributed by atoms with E-state index in [9.17, 15) is 30.6 Å². The molecule has 2 aliphatic heterocycles. The number of hydrogen-bond acceptors (Lipinski definition) is 9. The summed E-state index contributed by atoms with van der Waals surface area (Å²) in [7, 11) is 0. The van der Waals surface area contributed by atoms with Gasteiger partial charge in [-0.05, 0) is 94.5 Å². The van der Waals surface area contributed by atoms with Crippen LogP contribution in [0.4, 0.5) is 0 Å². The highest BCUT2D eigenvalue weighted by atomic mass is 16.5. The molecule has 10 rings (SSSR count). The monoisotopic (exact) mass is 676 g/mol. The lowest BCUT2D eigenvalue weighted by atomic mass is 9.76. The minimum atomic E-state index is -0.658. The Hall–Kier alpha value is -6.74. The van der Waals surface area contributed by atoms with Crippen LogP contribution in [0, 0.1) is 0 Å². The van der Waals surface area contributed by atoms with E-state index in [0.717, 1.165) is 27.8 Å². The molecule has 9 nitrogen and oxygen atoms in total. The molecule has 0 radical (unpaired) electrons. The van der Waals surface area contributed by atoms with Crippen molar-refractivity contribution in [1.29, 1.82) is 0 Å². The Labute approximate surface area is 290 Å². The smallest absolute Gasteiger partial charge is 0.143 e. The van der Waals surface area contributed by atoms with Gasteiger partial charge in [0.2, 0.25) is 0 Å². The molecule has 0 bridgehead atoms. The van der Waals surface area contributed by atoms with Gasteiger partial charge < -0.3 is 44.5 Å². The Balaban J connectivity index is 1.38. The fraction of sp³-hybridized carbons (Fsp3) is 0.0952. The lowest BCUT2D eigenvalue weighted by Crippen LogP contribution is -2.16. The minimum absolute atomic E-state index is 0.0147. The summed E-state index contributed by atoms with van der Waals surface area (Å²) < 4.78 is 20.2. The Morgan fingerprint density at radius 1 is 0.451 bits per heavy atom. The van der Waals surface area contributed by atoms with Crippen molar-refractivity contribution in [2.45, 2.75) is 24.0 Å². The van der Waals surface area contributed by atoms with Crippen molar-refractivity contribution in [1.82, 2.24) is 0 Å². The molecule has 7 aromatic rings. The molecule has 3 aliphatic rings. The van der Waals surface area contributed by atoms with Gasteiger partial charge in [0.05, 0.1) is 11.8 Å². The van der Waals surface area contributed by atoms with Crippen molar-refractivity contribution in [3.05, 3.63) is 143 Å². The number of fused-ring (bicyclic) bond motifs is 3. The summed E-state index contributed by atoms with van der Waals surface area (Å²) in [4.78, 5) is 0. The second kappa shape index (κ2) is 10.4. The fourth-order valence-corrected chi connectivity index (χ4v) is 8.32. The number of furan rings is 1. The molecule has 0 saturated heterocycles. The number of aromatic hydroxyl groups is 6. The van der Waals surface area contributed by atoms with E-state index >= 15 is 0 Å². The summed E-state index contributed by atoms with van der Waals surface area (Å²) in [6, 6.07) is 30.0. The van der Waals surface area contributed by atoms with Crippen molar-refractivity contribution in [3.63, 3.8) is 0 Å². The van der Waals surface area contributed by atoms with Gasteiger partial charge in [-0.2, -0.15) is 0 Å². The first-order chi connectivity index (χ1) is 24.7. The highest BCUT2D eigenvalue weighted by Crippen LogP contribution is 2.64. The fourth-order valence-electron chi connectivity index (χ4n) is 8.32. The zero-order chi connectivity index (χ0) is 34.7. The summed E-state index contributed by atoms with van der Waals surface area (Å²) in [5.41, 5.74) is 6.78. The Morgan fingerprint density at radius 2 is 0.941 bits per heavy atom. The molecule has 250 valence electrons. The number of ether oxygens (including phenoxy) is 2. The maximum atomic E-state index is 11.3. The maximum Gasteiger partial charge on any atom is 0.143 e. The third-order valence-electron chi connectivity index (χ3n) is 10.3. The summed E-state index contributed by atoms with van der Waals surface area (Å²) in [5.74, 6) is 0.405. The van der Waals surface area contributed by atoms with Gasteiger partial charge in [0.15, 0.2) is 0 Å². The molecule has 0 spiro atoms. The second-order valence-electron chi connectivity index (χ2n) is 13.3. The van der Waals surface area contributed by atoms with E-state index in [-0.39, 0.29) is 34.5 Å². The Morgan fingerprint density at radius 3 is 1.55 bits per heavy atom. The van der Waals surface area contributed by atoms with Crippen molar-refractivity contribution in [3.8, 4) is 68.4 Å². The van der Waals surface area contributed by atoms with Crippen LogP contribution in [0.3, 0.4) is 0 Å². The molecular weight excluding hydrogens is 648 g/mol. The van der Waals surface area contributed by atoms with E-state index in [1.807, 2.05) is 0 Å². The first-order valence-corrected chi connectivity index (χ1v) is 16.5. The highest BCUT2D eigenvalue weighted by Gasteiger charge is 2.48. The molecule has 0 amide bonds.